The third-order valence-corrected chi connectivity index (χ3v) is 6.91. The second kappa shape index (κ2) is 6.20. The van der Waals surface area contributed by atoms with E-state index in [1.807, 2.05) is 7.05 Å². The summed E-state index contributed by atoms with van der Waals surface area (Å²) < 4.78 is 37.8. The molecule has 7 heteroatoms. The van der Waals surface area contributed by atoms with Crippen molar-refractivity contribution in [2.24, 2.45) is 5.92 Å². The number of benzene rings is 1. The Morgan fingerprint density at radius 2 is 1.70 bits per heavy atom. The Kier molecular flexibility index (Phi) is 4.42. The van der Waals surface area contributed by atoms with Crippen LogP contribution in [0.5, 0.6) is 0 Å². The number of carbonyl (C=O) groups excluding carboxylic acids is 1. The summed E-state index contributed by atoms with van der Waals surface area (Å²) in [5.74, 6) is -0.374. The van der Waals surface area contributed by atoms with Crippen LogP contribution in [0, 0.1) is 11.7 Å². The third-order valence-electron chi connectivity index (χ3n) is 4.81. The van der Waals surface area contributed by atoms with Crippen molar-refractivity contribution in [3.8, 4) is 0 Å². The SMILES string of the molecule is CN1CCC(C(=O)N2CC(S(=O)(=O)c3ccc(F)cc3)C2)CC1. The zero-order valence-corrected chi connectivity index (χ0v) is 13.9. The second-order valence-electron chi connectivity index (χ2n) is 6.44. The van der Waals surface area contributed by atoms with Gasteiger partial charge in [0, 0.05) is 19.0 Å². The maximum Gasteiger partial charge on any atom is 0.225 e. The quantitative estimate of drug-likeness (QED) is 0.775. The second-order valence-corrected chi connectivity index (χ2v) is 8.67. The molecular formula is C16H21FN2O3S. The Hall–Kier alpha value is -1.47. The topological polar surface area (TPSA) is 57.7 Å². The zero-order valence-electron chi connectivity index (χ0n) is 13.1. The van der Waals surface area contributed by atoms with Gasteiger partial charge in [0.2, 0.25) is 5.91 Å². The molecule has 126 valence electrons. The molecule has 23 heavy (non-hydrogen) atoms. The smallest absolute Gasteiger partial charge is 0.225 e. The van der Waals surface area contributed by atoms with Crippen molar-refractivity contribution in [2.75, 3.05) is 33.2 Å². The highest BCUT2D eigenvalue weighted by Crippen LogP contribution is 2.27. The van der Waals surface area contributed by atoms with E-state index in [0.29, 0.717) is 0 Å². The number of nitrogens with zero attached hydrogens (tertiary/aromatic N) is 2. The fraction of sp³-hybridized carbons (Fsp3) is 0.562. The lowest BCUT2D eigenvalue weighted by atomic mass is 9.94. The summed E-state index contributed by atoms with van der Waals surface area (Å²) in [5, 5.41) is -0.580. The molecule has 2 fully saturated rings. The number of likely N-dealkylation sites (tertiary alicyclic amines) is 2. The number of piperidine rings is 1. The number of halogens is 1. The van der Waals surface area contributed by atoms with E-state index >= 15 is 0 Å². The van der Waals surface area contributed by atoms with Crippen LogP contribution in [-0.4, -0.2) is 62.6 Å². The van der Waals surface area contributed by atoms with Crippen molar-refractivity contribution < 1.29 is 17.6 Å². The minimum absolute atomic E-state index is 0.0145. The predicted octanol–water partition coefficient (Wildman–Crippen LogP) is 1.15. The van der Waals surface area contributed by atoms with E-state index in [1.54, 1.807) is 4.90 Å². The van der Waals surface area contributed by atoms with Gasteiger partial charge in [-0.15, -0.1) is 0 Å². The molecule has 1 aromatic carbocycles. The number of hydrogen-bond donors (Lipinski definition) is 0. The summed E-state index contributed by atoms with van der Waals surface area (Å²) in [5.41, 5.74) is 0. The number of amides is 1. The van der Waals surface area contributed by atoms with E-state index in [4.69, 9.17) is 0 Å². The lowest BCUT2D eigenvalue weighted by molar-refractivity contribution is -0.140. The van der Waals surface area contributed by atoms with Crippen molar-refractivity contribution in [1.29, 1.82) is 0 Å². The average molecular weight is 340 g/mol. The van der Waals surface area contributed by atoms with Crippen LogP contribution in [0.1, 0.15) is 12.8 Å². The van der Waals surface area contributed by atoms with E-state index in [1.165, 1.54) is 12.1 Å². The van der Waals surface area contributed by atoms with Gasteiger partial charge in [0.1, 0.15) is 11.1 Å². The van der Waals surface area contributed by atoms with Crippen LogP contribution < -0.4 is 0 Å². The molecule has 2 saturated heterocycles. The Balaban J connectivity index is 1.60. The van der Waals surface area contributed by atoms with Crippen LogP contribution in [-0.2, 0) is 14.6 Å². The van der Waals surface area contributed by atoms with Crippen LogP contribution >= 0.6 is 0 Å². The van der Waals surface area contributed by atoms with Crippen LogP contribution in [0.4, 0.5) is 4.39 Å². The molecule has 1 aromatic rings. The first-order valence-electron chi connectivity index (χ1n) is 7.85. The predicted molar refractivity (Wildman–Crippen MR) is 84.2 cm³/mol. The molecule has 0 saturated carbocycles. The maximum atomic E-state index is 12.9. The molecule has 0 unspecified atom stereocenters. The van der Waals surface area contributed by atoms with Gasteiger partial charge in [0.05, 0.1) is 4.90 Å². The van der Waals surface area contributed by atoms with E-state index < -0.39 is 20.9 Å². The van der Waals surface area contributed by atoms with Crippen molar-refractivity contribution >= 4 is 15.7 Å². The highest BCUT2D eigenvalue weighted by atomic mass is 32.2. The number of hydrogen-bond acceptors (Lipinski definition) is 4. The highest BCUT2D eigenvalue weighted by molar-refractivity contribution is 7.92. The largest absolute Gasteiger partial charge is 0.340 e. The van der Waals surface area contributed by atoms with Crippen LogP contribution in [0.3, 0.4) is 0 Å². The normalized spacial score (nSPS) is 21.2. The van der Waals surface area contributed by atoms with Crippen molar-refractivity contribution in [2.45, 2.75) is 23.0 Å². The number of rotatable bonds is 3. The number of sulfone groups is 1. The highest BCUT2D eigenvalue weighted by Gasteiger charge is 2.42. The molecule has 0 N–H and O–H groups in total. The molecule has 2 aliphatic heterocycles. The molecule has 2 heterocycles. The molecular weight excluding hydrogens is 319 g/mol. The van der Waals surface area contributed by atoms with Gasteiger partial charge in [0.15, 0.2) is 9.84 Å². The standard InChI is InChI=1S/C16H21FN2O3S/c1-18-8-6-12(7-9-18)16(20)19-10-15(11-19)23(21,22)14-4-2-13(17)3-5-14/h2-5,12,15H,6-11H2,1H3. The molecule has 1 amide bonds. The molecule has 5 nitrogen and oxygen atoms in total. The van der Waals surface area contributed by atoms with Crippen molar-refractivity contribution in [3.63, 3.8) is 0 Å². The average Bonchev–Trinajstić information content (AvgIpc) is 2.46. The maximum absolute atomic E-state index is 12.9. The first kappa shape index (κ1) is 16.4. The van der Waals surface area contributed by atoms with Gasteiger partial charge >= 0.3 is 0 Å². The summed E-state index contributed by atoms with van der Waals surface area (Å²) in [6.45, 7) is 2.29. The van der Waals surface area contributed by atoms with E-state index in [-0.39, 0.29) is 29.8 Å². The fourth-order valence-electron chi connectivity index (χ4n) is 3.14. The van der Waals surface area contributed by atoms with E-state index in [9.17, 15) is 17.6 Å². The molecule has 0 bridgehead atoms. The Labute approximate surface area is 136 Å². The fourth-order valence-corrected chi connectivity index (χ4v) is 4.80. The third kappa shape index (κ3) is 3.26. The minimum Gasteiger partial charge on any atom is -0.340 e. The van der Waals surface area contributed by atoms with Crippen LogP contribution in [0.2, 0.25) is 0 Å². The molecule has 0 atom stereocenters. The lowest BCUT2D eigenvalue weighted by Crippen LogP contribution is -2.58. The lowest BCUT2D eigenvalue weighted by Gasteiger charge is -2.41. The summed E-state index contributed by atoms with van der Waals surface area (Å²) in [6.07, 6.45) is 1.67. The molecule has 0 aromatic heterocycles. The van der Waals surface area contributed by atoms with Crippen LogP contribution in [0.15, 0.2) is 29.2 Å². The van der Waals surface area contributed by atoms with Crippen molar-refractivity contribution in [1.82, 2.24) is 9.80 Å². The first-order valence-corrected chi connectivity index (χ1v) is 9.39. The monoisotopic (exact) mass is 340 g/mol. The molecule has 0 aliphatic carbocycles. The Morgan fingerprint density at radius 1 is 1.13 bits per heavy atom. The summed E-state index contributed by atoms with van der Waals surface area (Å²) in [4.78, 5) is 16.4. The zero-order chi connectivity index (χ0) is 16.6. The van der Waals surface area contributed by atoms with Gasteiger partial charge in [-0.05, 0) is 57.2 Å². The minimum atomic E-state index is -3.49. The van der Waals surface area contributed by atoms with Crippen molar-refractivity contribution in [3.05, 3.63) is 30.1 Å². The first-order chi connectivity index (χ1) is 10.9. The van der Waals surface area contributed by atoms with Gasteiger partial charge < -0.3 is 9.80 Å². The number of carbonyl (C=O) groups is 1. The van der Waals surface area contributed by atoms with Gasteiger partial charge in [-0.25, -0.2) is 12.8 Å². The van der Waals surface area contributed by atoms with Crippen LogP contribution in [0.25, 0.3) is 0 Å². The van der Waals surface area contributed by atoms with E-state index in [2.05, 4.69) is 4.90 Å². The molecule has 2 aliphatic rings. The molecule has 0 radical (unpaired) electrons. The Morgan fingerprint density at radius 3 is 2.26 bits per heavy atom. The Bertz CT molecular complexity index is 676. The van der Waals surface area contributed by atoms with E-state index in [0.717, 1.165) is 38.1 Å². The summed E-state index contributed by atoms with van der Waals surface area (Å²) in [7, 11) is -1.46. The summed E-state index contributed by atoms with van der Waals surface area (Å²) >= 11 is 0. The van der Waals surface area contributed by atoms with Gasteiger partial charge in [0.25, 0.3) is 0 Å². The van der Waals surface area contributed by atoms with Gasteiger partial charge in [-0.3, -0.25) is 4.79 Å². The molecule has 0 spiro atoms. The van der Waals surface area contributed by atoms with Gasteiger partial charge in [-0.1, -0.05) is 0 Å². The van der Waals surface area contributed by atoms with Gasteiger partial charge in [-0.2, -0.15) is 0 Å². The molecule has 3 rings (SSSR count). The summed E-state index contributed by atoms with van der Waals surface area (Å²) in [6, 6.07) is 4.86.